The normalized spacial score (nSPS) is 19.5. The molecule has 1 aromatic rings. The van der Waals surface area contributed by atoms with Crippen LogP contribution in [0.25, 0.3) is 0 Å². The van der Waals surface area contributed by atoms with E-state index in [4.69, 9.17) is 5.73 Å². The molecule has 0 amide bonds. The van der Waals surface area contributed by atoms with Crippen LogP contribution in [0.4, 0.5) is 0 Å². The topological polar surface area (TPSA) is 56.7 Å². The molecule has 1 saturated carbocycles. The van der Waals surface area contributed by atoms with Crippen molar-refractivity contribution in [3.63, 3.8) is 0 Å². The second kappa shape index (κ2) is 2.86. The first-order valence-corrected chi connectivity index (χ1v) is 4.37. The van der Waals surface area contributed by atoms with Gasteiger partial charge < -0.3 is 10.3 Å². The van der Waals surface area contributed by atoms with Gasteiger partial charge in [-0.1, -0.05) is 12.8 Å². The number of nitrogens with zero attached hydrogens (tertiary/aromatic N) is 3. The van der Waals surface area contributed by atoms with Crippen molar-refractivity contribution in [2.75, 3.05) is 0 Å². The number of hydrogen-bond acceptors (Lipinski definition) is 3. The fraction of sp³-hybridized carbons (Fsp3) is 0.750. The third-order valence-corrected chi connectivity index (χ3v) is 2.36. The highest BCUT2D eigenvalue weighted by Crippen LogP contribution is 2.36. The van der Waals surface area contributed by atoms with E-state index in [1.807, 2.05) is 11.6 Å². The van der Waals surface area contributed by atoms with E-state index in [0.29, 0.717) is 0 Å². The Balaban J connectivity index is 2.02. The number of aryl methyl sites for hydroxylation is 1. The molecule has 0 bridgehead atoms. The van der Waals surface area contributed by atoms with E-state index < -0.39 is 0 Å². The fourth-order valence-corrected chi connectivity index (χ4v) is 1.45. The molecule has 0 aliphatic heterocycles. The summed E-state index contributed by atoms with van der Waals surface area (Å²) in [5.41, 5.74) is 5.96. The molecule has 4 heteroatoms. The number of hydrogen-bond donors (Lipinski definition) is 1. The predicted molar refractivity (Wildman–Crippen MR) is 45.3 cm³/mol. The van der Waals surface area contributed by atoms with E-state index in [1.54, 1.807) is 6.33 Å². The minimum absolute atomic E-state index is 0.0741. The lowest BCUT2D eigenvalue weighted by Crippen LogP contribution is -2.15. The fourth-order valence-electron chi connectivity index (χ4n) is 1.45. The molecule has 0 spiro atoms. The summed E-state index contributed by atoms with van der Waals surface area (Å²) < 4.78 is 1.90. The third-order valence-electron chi connectivity index (χ3n) is 2.36. The van der Waals surface area contributed by atoms with Crippen molar-refractivity contribution in [3.8, 4) is 0 Å². The second-order valence-corrected chi connectivity index (χ2v) is 3.59. The molecule has 1 aliphatic rings. The molecular formula is C8H14N4. The van der Waals surface area contributed by atoms with Crippen molar-refractivity contribution in [1.29, 1.82) is 0 Å². The lowest BCUT2D eigenvalue weighted by atomic mass is 10.1. The summed E-state index contributed by atoms with van der Waals surface area (Å²) in [5, 5.41) is 7.79. The molecule has 0 radical (unpaired) electrons. The number of nitrogens with two attached hydrogens (primary N) is 1. The Bertz CT molecular complexity index is 264. The van der Waals surface area contributed by atoms with Gasteiger partial charge in [-0.05, 0) is 12.3 Å². The van der Waals surface area contributed by atoms with E-state index in [1.165, 1.54) is 12.8 Å². The zero-order valence-corrected chi connectivity index (χ0v) is 7.27. The van der Waals surface area contributed by atoms with Gasteiger partial charge in [-0.15, -0.1) is 10.2 Å². The van der Waals surface area contributed by atoms with Crippen molar-refractivity contribution in [2.24, 2.45) is 18.7 Å². The Morgan fingerprint density at radius 2 is 2.50 bits per heavy atom. The summed E-state index contributed by atoms with van der Waals surface area (Å²) in [7, 11) is 1.93. The standard InChI is InChI=1S/C8H14N4/c1-12-5-10-11-8(12)7(9)4-6-2-3-6/h5-7H,2-4,9H2,1H3/t7-/m0/s1. The molecule has 1 atom stereocenters. The lowest BCUT2D eigenvalue weighted by molar-refractivity contribution is 0.548. The second-order valence-electron chi connectivity index (χ2n) is 3.59. The molecule has 66 valence electrons. The summed E-state index contributed by atoms with van der Waals surface area (Å²) >= 11 is 0. The van der Waals surface area contributed by atoms with E-state index in [-0.39, 0.29) is 6.04 Å². The van der Waals surface area contributed by atoms with Gasteiger partial charge in [0.15, 0.2) is 0 Å². The average Bonchev–Trinajstić information content (AvgIpc) is 2.72. The first kappa shape index (κ1) is 7.73. The predicted octanol–water partition coefficient (Wildman–Crippen LogP) is 0.615. The summed E-state index contributed by atoms with van der Waals surface area (Å²) in [5.74, 6) is 1.75. The Morgan fingerprint density at radius 1 is 1.75 bits per heavy atom. The Kier molecular flexibility index (Phi) is 1.84. The van der Waals surface area contributed by atoms with Gasteiger partial charge in [-0.2, -0.15) is 0 Å². The van der Waals surface area contributed by atoms with Crippen LogP contribution in [-0.4, -0.2) is 14.8 Å². The average molecular weight is 166 g/mol. The minimum atomic E-state index is 0.0741. The first-order valence-electron chi connectivity index (χ1n) is 4.37. The smallest absolute Gasteiger partial charge is 0.149 e. The highest BCUT2D eigenvalue weighted by Gasteiger charge is 2.26. The monoisotopic (exact) mass is 166 g/mol. The molecule has 1 aromatic heterocycles. The first-order chi connectivity index (χ1) is 5.77. The lowest BCUT2D eigenvalue weighted by Gasteiger charge is -2.08. The van der Waals surface area contributed by atoms with Crippen molar-refractivity contribution < 1.29 is 0 Å². The summed E-state index contributed by atoms with van der Waals surface area (Å²) in [6.45, 7) is 0. The van der Waals surface area contributed by atoms with Crippen LogP contribution in [0.15, 0.2) is 6.33 Å². The molecule has 1 heterocycles. The SMILES string of the molecule is Cn1cnnc1[C@@H](N)CC1CC1. The highest BCUT2D eigenvalue weighted by molar-refractivity contribution is 4.95. The van der Waals surface area contributed by atoms with E-state index >= 15 is 0 Å². The molecule has 1 aliphatic carbocycles. The Hall–Kier alpha value is -0.900. The zero-order chi connectivity index (χ0) is 8.55. The van der Waals surface area contributed by atoms with Crippen molar-refractivity contribution in [3.05, 3.63) is 12.2 Å². The van der Waals surface area contributed by atoms with Crippen LogP contribution in [0.1, 0.15) is 31.1 Å². The molecule has 4 nitrogen and oxygen atoms in total. The van der Waals surface area contributed by atoms with Gasteiger partial charge in [0.2, 0.25) is 0 Å². The Labute approximate surface area is 71.8 Å². The molecule has 0 saturated heterocycles. The van der Waals surface area contributed by atoms with Gasteiger partial charge in [0.1, 0.15) is 12.2 Å². The highest BCUT2D eigenvalue weighted by atomic mass is 15.3. The maximum absolute atomic E-state index is 5.96. The molecule has 0 unspecified atom stereocenters. The van der Waals surface area contributed by atoms with Crippen molar-refractivity contribution >= 4 is 0 Å². The van der Waals surface area contributed by atoms with E-state index in [2.05, 4.69) is 10.2 Å². The summed E-state index contributed by atoms with van der Waals surface area (Å²) in [6, 6.07) is 0.0741. The number of rotatable bonds is 3. The van der Waals surface area contributed by atoms with Gasteiger partial charge in [0.05, 0.1) is 6.04 Å². The largest absolute Gasteiger partial charge is 0.321 e. The summed E-state index contributed by atoms with van der Waals surface area (Å²) in [4.78, 5) is 0. The molecule has 12 heavy (non-hydrogen) atoms. The zero-order valence-electron chi connectivity index (χ0n) is 7.27. The van der Waals surface area contributed by atoms with Gasteiger partial charge in [0.25, 0.3) is 0 Å². The quantitative estimate of drug-likeness (QED) is 0.716. The van der Waals surface area contributed by atoms with Crippen molar-refractivity contribution in [1.82, 2.24) is 14.8 Å². The van der Waals surface area contributed by atoms with Gasteiger partial charge in [-0.3, -0.25) is 0 Å². The number of aromatic nitrogens is 3. The van der Waals surface area contributed by atoms with E-state index in [0.717, 1.165) is 18.2 Å². The maximum atomic E-state index is 5.96. The molecular weight excluding hydrogens is 152 g/mol. The van der Waals surface area contributed by atoms with Crippen LogP contribution < -0.4 is 5.73 Å². The van der Waals surface area contributed by atoms with Crippen LogP contribution in [0.2, 0.25) is 0 Å². The van der Waals surface area contributed by atoms with Gasteiger partial charge in [-0.25, -0.2) is 0 Å². The van der Waals surface area contributed by atoms with Crippen LogP contribution >= 0.6 is 0 Å². The van der Waals surface area contributed by atoms with Crippen LogP contribution in [-0.2, 0) is 7.05 Å². The molecule has 1 fully saturated rings. The Morgan fingerprint density at radius 3 is 3.00 bits per heavy atom. The summed E-state index contributed by atoms with van der Waals surface area (Å²) in [6.07, 6.45) is 5.44. The van der Waals surface area contributed by atoms with Crippen LogP contribution in [0.5, 0.6) is 0 Å². The molecule has 2 N–H and O–H groups in total. The minimum Gasteiger partial charge on any atom is -0.321 e. The molecule has 0 aromatic carbocycles. The van der Waals surface area contributed by atoms with Gasteiger partial charge >= 0.3 is 0 Å². The van der Waals surface area contributed by atoms with Crippen molar-refractivity contribution in [2.45, 2.75) is 25.3 Å². The van der Waals surface area contributed by atoms with Gasteiger partial charge in [0, 0.05) is 7.05 Å². The molecule has 2 rings (SSSR count). The van der Waals surface area contributed by atoms with Crippen LogP contribution in [0, 0.1) is 5.92 Å². The maximum Gasteiger partial charge on any atom is 0.149 e. The van der Waals surface area contributed by atoms with E-state index in [9.17, 15) is 0 Å². The van der Waals surface area contributed by atoms with Crippen LogP contribution in [0.3, 0.4) is 0 Å². The third kappa shape index (κ3) is 1.48.